The molecule has 0 aliphatic heterocycles. The van der Waals surface area contributed by atoms with Gasteiger partial charge in [-0.2, -0.15) is 5.10 Å². The molecular weight excluding hydrogens is 386 g/mol. The number of hydrogen-bond donors (Lipinski definition) is 1. The lowest BCUT2D eigenvalue weighted by molar-refractivity contribution is 0.106. The molecule has 4 aromatic rings. The Bertz CT molecular complexity index is 1120. The normalized spacial score (nSPS) is 11.2. The molecule has 0 aliphatic carbocycles. The molecule has 0 saturated heterocycles. The minimum absolute atomic E-state index is 0.182. The number of rotatable bonds is 6. The quantitative estimate of drug-likeness (QED) is 0.167. The summed E-state index contributed by atoms with van der Waals surface area (Å²) in [5, 5.41) is 12.7. The number of ketones is 1. The van der Waals surface area contributed by atoms with Crippen LogP contribution in [0.5, 0.6) is 0 Å². The molecule has 1 N–H and O–H groups in total. The number of hydrazone groups is 1. The average molecular weight is 401 g/mol. The van der Waals surface area contributed by atoms with Crippen LogP contribution in [-0.4, -0.2) is 26.0 Å². The smallest absolute Gasteiger partial charge is 0.283 e. The monoisotopic (exact) mass is 401 g/mol. The second-order valence-corrected chi connectivity index (χ2v) is 6.75. The summed E-state index contributed by atoms with van der Waals surface area (Å²) in [5.74, 6) is 0.0725. The van der Waals surface area contributed by atoms with E-state index in [9.17, 15) is 4.79 Å². The molecule has 0 saturated carbocycles. The van der Waals surface area contributed by atoms with E-state index in [1.54, 1.807) is 42.7 Å². The van der Waals surface area contributed by atoms with Gasteiger partial charge in [-0.3, -0.25) is 15.2 Å². The SMILES string of the molecule is O=C(C(=NNc1ccccc1)Sc1nnc(-c2cccnc2)o1)c1ccccc1. The fourth-order valence-corrected chi connectivity index (χ4v) is 3.07. The lowest BCUT2D eigenvalue weighted by Crippen LogP contribution is -2.13. The van der Waals surface area contributed by atoms with E-state index < -0.39 is 0 Å². The first kappa shape index (κ1) is 18.6. The van der Waals surface area contributed by atoms with Crippen molar-refractivity contribution < 1.29 is 9.21 Å². The van der Waals surface area contributed by atoms with Crippen LogP contribution in [0.2, 0.25) is 0 Å². The summed E-state index contributed by atoms with van der Waals surface area (Å²) in [7, 11) is 0. The number of aromatic nitrogens is 3. The molecule has 0 amide bonds. The van der Waals surface area contributed by atoms with Crippen molar-refractivity contribution >= 4 is 28.3 Å². The minimum Gasteiger partial charge on any atom is -0.411 e. The molecule has 142 valence electrons. The Morgan fingerprint density at radius 1 is 0.931 bits per heavy atom. The van der Waals surface area contributed by atoms with Gasteiger partial charge >= 0.3 is 0 Å². The first-order valence-corrected chi connectivity index (χ1v) is 9.51. The highest BCUT2D eigenvalue weighted by Crippen LogP contribution is 2.25. The van der Waals surface area contributed by atoms with Gasteiger partial charge in [0.05, 0.1) is 11.3 Å². The second-order valence-electron chi connectivity index (χ2n) is 5.81. The Balaban J connectivity index is 1.60. The van der Waals surface area contributed by atoms with Crippen molar-refractivity contribution in [3.63, 3.8) is 0 Å². The van der Waals surface area contributed by atoms with Crippen molar-refractivity contribution in [1.82, 2.24) is 15.2 Å². The average Bonchev–Trinajstić information content (AvgIpc) is 3.27. The molecule has 2 aromatic carbocycles. The van der Waals surface area contributed by atoms with Gasteiger partial charge in [0, 0.05) is 18.0 Å². The highest BCUT2D eigenvalue weighted by atomic mass is 32.2. The maximum absolute atomic E-state index is 13.0. The fourth-order valence-electron chi connectivity index (χ4n) is 2.40. The first-order valence-electron chi connectivity index (χ1n) is 8.70. The van der Waals surface area contributed by atoms with Gasteiger partial charge in [-0.1, -0.05) is 48.5 Å². The Labute approximate surface area is 170 Å². The van der Waals surface area contributed by atoms with E-state index in [2.05, 4.69) is 25.7 Å². The Morgan fingerprint density at radius 2 is 1.69 bits per heavy atom. The number of nitrogens with one attached hydrogen (secondary N) is 1. The predicted octanol–water partition coefficient (Wildman–Crippen LogP) is 4.53. The number of para-hydroxylation sites is 1. The van der Waals surface area contributed by atoms with Crippen molar-refractivity contribution in [3.8, 4) is 11.5 Å². The van der Waals surface area contributed by atoms with Gasteiger partial charge in [0.1, 0.15) is 0 Å². The third-order valence-corrected chi connectivity index (χ3v) is 4.60. The second kappa shape index (κ2) is 8.94. The van der Waals surface area contributed by atoms with Crippen LogP contribution in [0, 0.1) is 0 Å². The van der Waals surface area contributed by atoms with Gasteiger partial charge in [-0.25, -0.2) is 0 Å². The number of carbonyl (C=O) groups excluding carboxylic acids is 1. The molecule has 2 heterocycles. The molecule has 7 nitrogen and oxygen atoms in total. The Morgan fingerprint density at radius 3 is 2.41 bits per heavy atom. The maximum Gasteiger partial charge on any atom is 0.283 e. The first-order chi connectivity index (χ1) is 14.3. The largest absolute Gasteiger partial charge is 0.411 e. The van der Waals surface area contributed by atoms with E-state index in [0.717, 1.165) is 17.4 Å². The number of anilines is 1. The fraction of sp³-hybridized carbons (Fsp3) is 0. The molecule has 29 heavy (non-hydrogen) atoms. The summed E-state index contributed by atoms with van der Waals surface area (Å²) in [6.07, 6.45) is 3.29. The van der Waals surface area contributed by atoms with Crippen LogP contribution < -0.4 is 5.43 Å². The Kier molecular flexibility index (Phi) is 5.73. The zero-order valence-electron chi connectivity index (χ0n) is 15.1. The third-order valence-electron chi connectivity index (χ3n) is 3.79. The van der Waals surface area contributed by atoms with Gasteiger partial charge in [0.25, 0.3) is 5.22 Å². The van der Waals surface area contributed by atoms with Crippen LogP contribution in [0.1, 0.15) is 10.4 Å². The summed E-state index contributed by atoms with van der Waals surface area (Å²) in [6, 6.07) is 21.9. The Hall–Kier alpha value is -3.78. The van der Waals surface area contributed by atoms with Crippen LogP contribution in [0.4, 0.5) is 5.69 Å². The van der Waals surface area contributed by atoms with Crippen molar-refractivity contribution in [2.45, 2.75) is 5.22 Å². The summed E-state index contributed by atoms with van der Waals surface area (Å²) in [6.45, 7) is 0. The van der Waals surface area contributed by atoms with Gasteiger partial charge in [0.15, 0.2) is 5.04 Å². The van der Waals surface area contributed by atoms with Crippen molar-refractivity contribution in [2.75, 3.05) is 5.43 Å². The van der Waals surface area contributed by atoms with E-state index in [1.165, 1.54) is 0 Å². The van der Waals surface area contributed by atoms with Crippen molar-refractivity contribution in [2.24, 2.45) is 5.10 Å². The molecule has 8 heteroatoms. The third kappa shape index (κ3) is 4.74. The molecule has 0 spiro atoms. The summed E-state index contributed by atoms with van der Waals surface area (Å²) in [4.78, 5) is 17.0. The van der Waals surface area contributed by atoms with Gasteiger partial charge in [-0.05, 0) is 36.0 Å². The number of Topliss-reactive ketones (excluding diaryl/α,β-unsaturated/α-hetero) is 1. The van der Waals surface area contributed by atoms with Crippen LogP contribution in [0.15, 0.2) is 99.9 Å². The molecule has 4 rings (SSSR count). The summed E-state index contributed by atoms with van der Waals surface area (Å²) >= 11 is 1.00. The topological polar surface area (TPSA) is 93.3 Å². The van der Waals surface area contributed by atoms with E-state index in [-0.39, 0.29) is 16.0 Å². The van der Waals surface area contributed by atoms with Gasteiger partial charge in [0.2, 0.25) is 11.7 Å². The maximum atomic E-state index is 13.0. The zero-order chi connectivity index (χ0) is 19.9. The molecule has 0 aliphatic rings. The molecule has 0 bridgehead atoms. The summed E-state index contributed by atoms with van der Waals surface area (Å²) in [5.41, 5.74) is 4.87. The van der Waals surface area contributed by atoms with Crippen LogP contribution in [0.3, 0.4) is 0 Å². The van der Waals surface area contributed by atoms with Crippen LogP contribution in [0.25, 0.3) is 11.5 Å². The lowest BCUT2D eigenvalue weighted by Gasteiger charge is -2.05. The van der Waals surface area contributed by atoms with Crippen LogP contribution >= 0.6 is 11.8 Å². The van der Waals surface area contributed by atoms with Crippen molar-refractivity contribution in [1.29, 1.82) is 0 Å². The highest BCUT2D eigenvalue weighted by molar-refractivity contribution is 8.15. The molecule has 0 unspecified atom stereocenters. The molecule has 0 atom stereocenters. The predicted molar refractivity (Wildman–Crippen MR) is 112 cm³/mol. The summed E-state index contributed by atoms with van der Waals surface area (Å²) < 4.78 is 5.68. The number of hydrogen-bond acceptors (Lipinski definition) is 8. The molecule has 0 fully saturated rings. The number of nitrogens with zero attached hydrogens (tertiary/aromatic N) is 4. The number of thioether (sulfide) groups is 1. The van der Waals surface area contributed by atoms with Crippen LogP contribution in [-0.2, 0) is 0 Å². The van der Waals surface area contributed by atoms with E-state index in [1.807, 2.05) is 42.5 Å². The number of carbonyl (C=O) groups is 1. The number of pyridine rings is 1. The van der Waals surface area contributed by atoms with E-state index >= 15 is 0 Å². The zero-order valence-corrected chi connectivity index (χ0v) is 15.9. The number of benzene rings is 2. The minimum atomic E-state index is -0.250. The molecule has 0 radical (unpaired) electrons. The lowest BCUT2D eigenvalue weighted by atomic mass is 10.1. The standard InChI is InChI=1S/C21H15N5O2S/c27-18(15-8-3-1-4-9-15)20(25-23-17-11-5-2-6-12-17)29-21-26-24-19(28-21)16-10-7-13-22-14-16/h1-14,23H. The van der Waals surface area contributed by atoms with E-state index in [4.69, 9.17) is 4.42 Å². The van der Waals surface area contributed by atoms with Gasteiger partial charge in [-0.15, -0.1) is 10.2 Å². The van der Waals surface area contributed by atoms with Crippen molar-refractivity contribution in [3.05, 3.63) is 90.8 Å². The molecule has 2 aromatic heterocycles. The van der Waals surface area contributed by atoms with E-state index in [0.29, 0.717) is 17.0 Å². The molecular formula is C21H15N5O2S. The van der Waals surface area contributed by atoms with Gasteiger partial charge < -0.3 is 4.42 Å². The highest BCUT2D eigenvalue weighted by Gasteiger charge is 2.20.